The first-order chi connectivity index (χ1) is 9.04. The van der Waals surface area contributed by atoms with Crippen molar-refractivity contribution in [3.63, 3.8) is 0 Å². The first kappa shape index (κ1) is 15.2. The molecule has 0 radical (unpaired) electrons. The van der Waals surface area contributed by atoms with Crippen LogP contribution in [0.2, 0.25) is 0 Å². The number of carbonyl (C=O) groups is 2. The summed E-state index contributed by atoms with van der Waals surface area (Å²) in [5, 5.41) is 0. The highest BCUT2D eigenvalue weighted by Gasteiger charge is 2.23. The molecule has 0 bridgehead atoms. The predicted molar refractivity (Wildman–Crippen MR) is 71.7 cm³/mol. The van der Waals surface area contributed by atoms with Crippen molar-refractivity contribution in [3.8, 4) is 0 Å². The fourth-order valence-electron chi connectivity index (χ4n) is 1.41. The summed E-state index contributed by atoms with van der Waals surface area (Å²) in [4.78, 5) is 23.6. The lowest BCUT2D eigenvalue weighted by molar-refractivity contribution is -0.155. The van der Waals surface area contributed by atoms with Crippen LogP contribution < -0.4 is 0 Å². The molecule has 0 saturated heterocycles. The van der Waals surface area contributed by atoms with Crippen molar-refractivity contribution in [1.82, 2.24) is 0 Å². The van der Waals surface area contributed by atoms with Gasteiger partial charge in [0.2, 0.25) is 0 Å². The molecule has 1 aromatic carbocycles. The van der Waals surface area contributed by atoms with Crippen LogP contribution in [0.25, 0.3) is 0 Å². The third kappa shape index (κ3) is 5.12. The topological polar surface area (TPSA) is 52.6 Å². The van der Waals surface area contributed by atoms with Gasteiger partial charge in [0.25, 0.3) is 0 Å². The van der Waals surface area contributed by atoms with Crippen LogP contribution in [0.1, 0.15) is 37.6 Å². The summed E-state index contributed by atoms with van der Waals surface area (Å²) in [6.07, 6.45) is -0.443. The Balaban J connectivity index is 2.57. The fourth-order valence-corrected chi connectivity index (χ4v) is 1.41. The third-order valence-electron chi connectivity index (χ3n) is 2.45. The van der Waals surface area contributed by atoms with Crippen LogP contribution in [0.3, 0.4) is 0 Å². The lowest BCUT2D eigenvalue weighted by Crippen LogP contribution is -2.29. The second-order valence-corrected chi connectivity index (χ2v) is 4.69. The quantitative estimate of drug-likeness (QED) is 0.741. The van der Waals surface area contributed by atoms with Crippen molar-refractivity contribution < 1.29 is 19.1 Å². The third-order valence-corrected chi connectivity index (χ3v) is 2.45. The molecule has 1 rings (SSSR count). The van der Waals surface area contributed by atoms with Gasteiger partial charge in [0, 0.05) is 0 Å². The lowest BCUT2D eigenvalue weighted by atomic mass is 10.2. The van der Waals surface area contributed by atoms with Crippen molar-refractivity contribution in [2.45, 2.75) is 33.3 Å². The number of ether oxygens (including phenoxy) is 2. The second-order valence-electron chi connectivity index (χ2n) is 4.69. The minimum atomic E-state index is -0.841. The van der Waals surface area contributed by atoms with E-state index >= 15 is 0 Å². The molecule has 0 saturated carbocycles. The Morgan fingerprint density at radius 3 is 2.32 bits per heavy atom. The van der Waals surface area contributed by atoms with E-state index in [1.54, 1.807) is 31.2 Å². The van der Waals surface area contributed by atoms with E-state index < -0.39 is 18.0 Å². The number of hydrogen-bond acceptors (Lipinski definition) is 4. The summed E-state index contributed by atoms with van der Waals surface area (Å²) in [5.74, 6) is -0.735. The van der Waals surface area contributed by atoms with E-state index in [9.17, 15) is 9.59 Å². The van der Waals surface area contributed by atoms with Gasteiger partial charge in [-0.15, -0.1) is 0 Å². The van der Waals surface area contributed by atoms with Crippen LogP contribution in [0, 0.1) is 5.92 Å². The molecule has 1 unspecified atom stereocenters. The Hall–Kier alpha value is -1.84. The lowest BCUT2D eigenvalue weighted by Gasteiger charge is -2.16. The normalized spacial score (nSPS) is 12.0. The molecule has 4 heteroatoms. The number of hydrogen-bond donors (Lipinski definition) is 0. The molecule has 0 heterocycles. The summed E-state index contributed by atoms with van der Waals surface area (Å²) in [5.41, 5.74) is 0.428. The average molecular weight is 264 g/mol. The molecule has 0 aliphatic heterocycles. The Morgan fingerprint density at radius 2 is 1.79 bits per heavy atom. The van der Waals surface area contributed by atoms with E-state index in [4.69, 9.17) is 9.47 Å². The van der Waals surface area contributed by atoms with E-state index in [-0.39, 0.29) is 5.92 Å². The Labute approximate surface area is 113 Å². The average Bonchev–Trinajstić information content (AvgIpc) is 2.42. The van der Waals surface area contributed by atoms with E-state index in [0.717, 1.165) is 0 Å². The van der Waals surface area contributed by atoms with Crippen LogP contribution in [-0.4, -0.2) is 24.6 Å². The molecule has 0 fully saturated rings. The van der Waals surface area contributed by atoms with Crippen LogP contribution in [-0.2, 0) is 14.3 Å². The first-order valence-corrected chi connectivity index (χ1v) is 6.47. The summed E-state index contributed by atoms with van der Waals surface area (Å²) >= 11 is 0. The predicted octanol–water partition coefficient (Wildman–Crippen LogP) is 2.82. The molecule has 1 aromatic rings. The minimum Gasteiger partial charge on any atom is -0.463 e. The highest BCUT2D eigenvalue weighted by atomic mass is 16.6. The molecule has 0 aliphatic rings. The second kappa shape index (κ2) is 7.56. The van der Waals surface area contributed by atoms with Gasteiger partial charge in [0.15, 0.2) is 6.10 Å². The van der Waals surface area contributed by atoms with E-state index in [1.165, 1.54) is 0 Å². The van der Waals surface area contributed by atoms with Gasteiger partial charge < -0.3 is 9.47 Å². The van der Waals surface area contributed by atoms with Gasteiger partial charge in [0.1, 0.15) is 0 Å². The Kier molecular flexibility index (Phi) is 6.06. The van der Waals surface area contributed by atoms with Gasteiger partial charge in [0.05, 0.1) is 12.2 Å². The minimum absolute atomic E-state index is 0.256. The van der Waals surface area contributed by atoms with E-state index in [2.05, 4.69) is 0 Å². The molecule has 104 valence electrons. The molecular weight excluding hydrogens is 244 g/mol. The van der Waals surface area contributed by atoms with Gasteiger partial charge in [-0.25, -0.2) is 9.59 Å². The number of benzene rings is 1. The maximum atomic E-state index is 11.8. The highest BCUT2D eigenvalue weighted by Crippen LogP contribution is 2.08. The van der Waals surface area contributed by atoms with E-state index in [1.807, 2.05) is 19.9 Å². The van der Waals surface area contributed by atoms with Crippen molar-refractivity contribution in [2.24, 2.45) is 5.92 Å². The molecule has 0 aliphatic carbocycles. The largest absolute Gasteiger partial charge is 0.463 e. The zero-order valence-electron chi connectivity index (χ0n) is 11.6. The summed E-state index contributed by atoms with van der Waals surface area (Å²) < 4.78 is 10.2. The molecule has 0 spiro atoms. The Bertz CT molecular complexity index is 411. The van der Waals surface area contributed by atoms with Crippen LogP contribution in [0.15, 0.2) is 30.3 Å². The molecule has 0 aromatic heterocycles. The van der Waals surface area contributed by atoms with Crippen LogP contribution >= 0.6 is 0 Å². The highest BCUT2D eigenvalue weighted by molar-refractivity contribution is 5.91. The van der Waals surface area contributed by atoms with Gasteiger partial charge in [-0.2, -0.15) is 0 Å². The van der Waals surface area contributed by atoms with Gasteiger partial charge in [-0.05, 0) is 24.5 Å². The van der Waals surface area contributed by atoms with Crippen molar-refractivity contribution >= 4 is 11.9 Å². The number of carbonyl (C=O) groups excluding carboxylic acids is 2. The van der Waals surface area contributed by atoms with Crippen molar-refractivity contribution in [2.75, 3.05) is 6.61 Å². The van der Waals surface area contributed by atoms with E-state index in [0.29, 0.717) is 18.6 Å². The SMILES string of the molecule is CCC(OC(=O)c1ccccc1)C(=O)OCC(C)C. The standard InChI is InChI=1S/C15H20O4/c1-4-13(15(17)18-10-11(2)3)19-14(16)12-8-6-5-7-9-12/h5-9,11,13H,4,10H2,1-3H3. The monoisotopic (exact) mass is 264 g/mol. The maximum absolute atomic E-state index is 11.8. The Morgan fingerprint density at radius 1 is 1.16 bits per heavy atom. The number of esters is 2. The summed E-state index contributed by atoms with van der Waals surface area (Å²) in [7, 11) is 0. The summed E-state index contributed by atoms with van der Waals surface area (Å²) in [6.45, 7) is 6.01. The smallest absolute Gasteiger partial charge is 0.347 e. The van der Waals surface area contributed by atoms with Crippen LogP contribution in [0.4, 0.5) is 0 Å². The molecule has 19 heavy (non-hydrogen) atoms. The van der Waals surface area contributed by atoms with Crippen molar-refractivity contribution in [3.05, 3.63) is 35.9 Å². The van der Waals surface area contributed by atoms with Crippen molar-refractivity contribution in [1.29, 1.82) is 0 Å². The zero-order valence-corrected chi connectivity index (χ0v) is 11.6. The first-order valence-electron chi connectivity index (χ1n) is 6.47. The molecule has 0 amide bonds. The van der Waals surface area contributed by atoms with Crippen LogP contribution in [0.5, 0.6) is 0 Å². The molecular formula is C15H20O4. The van der Waals surface area contributed by atoms with Gasteiger partial charge in [-0.1, -0.05) is 39.0 Å². The fraction of sp³-hybridized carbons (Fsp3) is 0.467. The van der Waals surface area contributed by atoms with Gasteiger partial charge >= 0.3 is 11.9 Å². The van der Waals surface area contributed by atoms with Gasteiger partial charge in [-0.3, -0.25) is 0 Å². The maximum Gasteiger partial charge on any atom is 0.347 e. The summed E-state index contributed by atoms with van der Waals surface area (Å²) in [6, 6.07) is 8.59. The molecule has 0 N–H and O–H groups in total. The molecule has 1 atom stereocenters. The number of rotatable bonds is 6. The molecule has 4 nitrogen and oxygen atoms in total. The zero-order chi connectivity index (χ0) is 14.3.